The summed E-state index contributed by atoms with van der Waals surface area (Å²) < 4.78 is 0.814. The van der Waals surface area contributed by atoms with E-state index in [9.17, 15) is 0 Å². The van der Waals surface area contributed by atoms with E-state index in [1.165, 1.54) is 39.0 Å². The Morgan fingerprint density at radius 3 is 2.61 bits per heavy atom. The number of nitrogens with zero attached hydrogens (tertiary/aromatic N) is 3. The van der Waals surface area contributed by atoms with E-state index < -0.39 is 0 Å². The third-order valence-corrected chi connectivity index (χ3v) is 7.39. The summed E-state index contributed by atoms with van der Waals surface area (Å²) in [5.74, 6) is 0.651. The van der Waals surface area contributed by atoms with Gasteiger partial charge in [0.25, 0.3) is 0 Å². The topological polar surface area (TPSA) is 45.6 Å². The van der Waals surface area contributed by atoms with Crippen molar-refractivity contribution in [3.05, 3.63) is 23.3 Å². The van der Waals surface area contributed by atoms with Gasteiger partial charge in [0.2, 0.25) is 0 Å². The SMILES string of the molecule is CN1CCN(C2CC([C@H](I)N3C=CNC(Cl)=C3C(=N)I)C2)CC1. The fourth-order valence-electron chi connectivity index (χ4n) is 3.43. The van der Waals surface area contributed by atoms with Gasteiger partial charge in [-0.15, -0.1) is 0 Å². The average molecular weight is 562 g/mol. The Morgan fingerprint density at radius 2 is 2.00 bits per heavy atom. The fraction of sp³-hybridized carbons (Fsp3) is 0.667. The molecule has 8 heteroatoms. The van der Waals surface area contributed by atoms with Crippen molar-refractivity contribution in [2.75, 3.05) is 33.2 Å². The van der Waals surface area contributed by atoms with E-state index in [4.69, 9.17) is 17.0 Å². The first-order valence-electron chi connectivity index (χ1n) is 7.89. The van der Waals surface area contributed by atoms with E-state index in [0.717, 1.165) is 11.7 Å². The quantitative estimate of drug-likeness (QED) is 0.240. The summed E-state index contributed by atoms with van der Waals surface area (Å²) in [6.45, 7) is 4.76. The number of hydrogen-bond donors (Lipinski definition) is 2. The van der Waals surface area contributed by atoms with Gasteiger partial charge in [0.05, 0.1) is 4.05 Å². The zero-order valence-corrected chi connectivity index (χ0v) is 18.2. The Morgan fingerprint density at radius 1 is 1.35 bits per heavy atom. The molecule has 5 nitrogen and oxygen atoms in total. The molecule has 0 spiro atoms. The largest absolute Gasteiger partial charge is 0.349 e. The zero-order valence-electron chi connectivity index (χ0n) is 13.1. The predicted molar refractivity (Wildman–Crippen MR) is 112 cm³/mol. The Kier molecular flexibility index (Phi) is 6.14. The maximum atomic E-state index is 7.99. The normalized spacial score (nSPS) is 30.9. The molecule has 2 fully saturated rings. The maximum absolute atomic E-state index is 7.99. The van der Waals surface area contributed by atoms with E-state index in [-0.39, 0.29) is 0 Å². The van der Waals surface area contributed by atoms with Gasteiger partial charge in [0.1, 0.15) is 14.6 Å². The summed E-state index contributed by atoms with van der Waals surface area (Å²) >= 11 is 10.8. The molecule has 0 aromatic heterocycles. The molecule has 1 saturated heterocycles. The molecule has 0 aromatic carbocycles. The molecule has 2 heterocycles. The van der Waals surface area contributed by atoms with Crippen LogP contribution in [-0.2, 0) is 0 Å². The lowest BCUT2D eigenvalue weighted by Gasteiger charge is -2.49. The summed E-state index contributed by atoms with van der Waals surface area (Å²) in [5.41, 5.74) is 0.789. The smallest absolute Gasteiger partial charge is 0.133 e. The number of likely N-dealkylation sites (N-methyl/N-ethyl adjacent to an activating group) is 1. The molecular weight excluding hydrogens is 539 g/mol. The van der Waals surface area contributed by atoms with Crippen LogP contribution in [-0.4, -0.2) is 61.7 Å². The Labute approximate surface area is 170 Å². The number of piperazine rings is 1. The van der Waals surface area contributed by atoms with Crippen LogP contribution in [0.2, 0.25) is 0 Å². The summed E-state index contributed by atoms with van der Waals surface area (Å²) in [6.07, 6.45) is 6.35. The molecule has 0 bridgehead atoms. The van der Waals surface area contributed by atoms with Crippen molar-refractivity contribution in [1.82, 2.24) is 20.0 Å². The third-order valence-electron chi connectivity index (χ3n) is 4.98. The highest BCUT2D eigenvalue weighted by Crippen LogP contribution is 2.41. The van der Waals surface area contributed by atoms with Crippen LogP contribution in [0.15, 0.2) is 23.3 Å². The lowest BCUT2D eigenvalue weighted by atomic mass is 9.78. The minimum absolute atomic E-state index is 0.341. The molecule has 0 aromatic rings. The van der Waals surface area contributed by atoms with Gasteiger partial charge in [-0.3, -0.25) is 10.3 Å². The second kappa shape index (κ2) is 7.76. The van der Waals surface area contributed by atoms with Gasteiger partial charge in [-0.1, -0.05) is 34.2 Å². The van der Waals surface area contributed by atoms with Crippen LogP contribution in [0.3, 0.4) is 0 Å². The van der Waals surface area contributed by atoms with Gasteiger partial charge in [-0.05, 0) is 48.4 Å². The van der Waals surface area contributed by atoms with Crippen LogP contribution in [0.1, 0.15) is 12.8 Å². The molecule has 23 heavy (non-hydrogen) atoms. The molecular formula is C15H22ClI2N5. The summed E-state index contributed by atoms with van der Waals surface area (Å²) in [4.78, 5) is 7.21. The van der Waals surface area contributed by atoms with E-state index >= 15 is 0 Å². The van der Waals surface area contributed by atoms with Gasteiger partial charge in [0.15, 0.2) is 0 Å². The van der Waals surface area contributed by atoms with E-state index in [2.05, 4.69) is 49.7 Å². The Balaban J connectivity index is 1.58. The molecule has 0 unspecified atom stereocenters. The van der Waals surface area contributed by atoms with Crippen molar-refractivity contribution < 1.29 is 0 Å². The molecule has 1 atom stereocenters. The highest BCUT2D eigenvalue weighted by molar-refractivity contribution is 14.1. The van der Waals surface area contributed by atoms with Crippen LogP contribution in [0, 0.1) is 11.3 Å². The van der Waals surface area contributed by atoms with Crippen molar-refractivity contribution in [2.24, 2.45) is 5.92 Å². The highest BCUT2D eigenvalue weighted by atomic mass is 127. The van der Waals surface area contributed by atoms with Crippen LogP contribution < -0.4 is 5.32 Å². The number of alkyl halides is 1. The first-order chi connectivity index (χ1) is 11.0. The lowest BCUT2D eigenvalue weighted by molar-refractivity contribution is 0.0318. The van der Waals surface area contributed by atoms with E-state index in [0.29, 0.717) is 18.8 Å². The van der Waals surface area contributed by atoms with Crippen molar-refractivity contribution in [1.29, 1.82) is 5.41 Å². The second-order valence-electron chi connectivity index (χ2n) is 6.44. The standard InChI is InChI=1S/C15H22ClI2N5/c1-21-4-6-22(7-5-21)11-8-10(9-11)15(18)23-3-2-20-13(16)12(23)14(17)19/h2-3,10-11,15,19-20H,4-9H2,1H3/t10?,11?,15-/m1/s1. The van der Waals surface area contributed by atoms with E-state index in [1.54, 1.807) is 0 Å². The Hall–Kier alpha value is 0.420. The lowest BCUT2D eigenvalue weighted by Crippen LogP contribution is -2.55. The van der Waals surface area contributed by atoms with Crippen LogP contribution in [0.5, 0.6) is 0 Å². The van der Waals surface area contributed by atoms with Crippen LogP contribution in [0.25, 0.3) is 0 Å². The predicted octanol–water partition coefficient (Wildman–Crippen LogP) is 2.97. The first-order valence-corrected chi connectivity index (χ1v) is 10.6. The summed E-state index contributed by atoms with van der Waals surface area (Å²) in [6, 6.07) is 0.736. The molecule has 128 valence electrons. The monoisotopic (exact) mass is 561 g/mol. The van der Waals surface area contributed by atoms with E-state index in [1.807, 2.05) is 35.0 Å². The zero-order chi connectivity index (χ0) is 16.6. The maximum Gasteiger partial charge on any atom is 0.133 e. The van der Waals surface area contributed by atoms with Crippen molar-refractivity contribution in [3.63, 3.8) is 0 Å². The number of nitrogens with one attached hydrogen (secondary N) is 2. The number of allylic oxidation sites excluding steroid dienone is 1. The Bertz CT molecular complexity index is 524. The van der Waals surface area contributed by atoms with Crippen molar-refractivity contribution in [3.8, 4) is 0 Å². The molecule has 1 aliphatic carbocycles. The van der Waals surface area contributed by atoms with Crippen LogP contribution in [0.4, 0.5) is 0 Å². The second-order valence-corrected chi connectivity index (χ2v) is 9.17. The van der Waals surface area contributed by atoms with Gasteiger partial charge >= 0.3 is 0 Å². The van der Waals surface area contributed by atoms with Crippen LogP contribution >= 0.6 is 56.8 Å². The molecule has 0 radical (unpaired) electrons. The summed E-state index contributed by atoms with van der Waals surface area (Å²) in [7, 11) is 2.20. The number of hydrogen-bond acceptors (Lipinski definition) is 5. The fourth-order valence-corrected chi connectivity index (χ4v) is 5.44. The molecule has 3 rings (SSSR count). The van der Waals surface area contributed by atoms with Gasteiger partial charge in [0, 0.05) is 44.6 Å². The number of halogens is 3. The van der Waals surface area contributed by atoms with Gasteiger partial charge in [-0.2, -0.15) is 0 Å². The minimum Gasteiger partial charge on any atom is -0.349 e. The molecule has 3 aliphatic rings. The molecule has 2 N–H and O–H groups in total. The minimum atomic E-state index is 0.341. The number of rotatable bonds is 4. The molecule has 0 amide bonds. The summed E-state index contributed by atoms with van der Waals surface area (Å²) in [5, 5.41) is 11.5. The first kappa shape index (κ1) is 18.2. The highest BCUT2D eigenvalue weighted by Gasteiger charge is 2.41. The van der Waals surface area contributed by atoms with Crippen molar-refractivity contribution >= 4 is 60.5 Å². The third kappa shape index (κ3) is 3.99. The van der Waals surface area contributed by atoms with Gasteiger partial charge in [-0.25, -0.2) is 0 Å². The van der Waals surface area contributed by atoms with Crippen molar-refractivity contribution in [2.45, 2.75) is 22.9 Å². The molecule has 2 aliphatic heterocycles. The van der Waals surface area contributed by atoms with Gasteiger partial charge < -0.3 is 15.1 Å². The average Bonchev–Trinajstić information content (AvgIpc) is 2.47. The molecule has 1 saturated carbocycles.